The van der Waals surface area contributed by atoms with Crippen molar-refractivity contribution in [2.45, 2.75) is 11.8 Å². The number of benzene rings is 1. The van der Waals surface area contributed by atoms with Crippen LogP contribution < -0.4 is 0 Å². The highest BCUT2D eigenvalue weighted by molar-refractivity contribution is 7.90. The highest BCUT2D eigenvalue weighted by atomic mass is 35.5. The second-order valence-electron chi connectivity index (χ2n) is 5.33. The number of halogens is 1. The molecule has 0 fully saturated rings. The zero-order valence-corrected chi connectivity index (χ0v) is 14.5. The van der Waals surface area contributed by atoms with E-state index in [1.807, 2.05) is 0 Å². The van der Waals surface area contributed by atoms with Crippen molar-refractivity contribution in [1.29, 1.82) is 0 Å². The molecule has 3 aromatic rings. The lowest BCUT2D eigenvalue weighted by Crippen LogP contribution is -2.02. The average molecular weight is 364 g/mol. The van der Waals surface area contributed by atoms with Crippen molar-refractivity contribution >= 4 is 21.4 Å². The van der Waals surface area contributed by atoms with Crippen LogP contribution in [-0.2, 0) is 9.84 Å². The molecule has 0 saturated heterocycles. The highest BCUT2D eigenvalue weighted by Crippen LogP contribution is 2.34. The second-order valence-corrected chi connectivity index (χ2v) is 7.78. The average Bonchev–Trinajstić information content (AvgIpc) is 2.83. The van der Waals surface area contributed by atoms with Crippen LogP contribution in [0.1, 0.15) is 5.69 Å². The zero-order chi connectivity index (χ0) is 17.5. The van der Waals surface area contributed by atoms with Crippen LogP contribution in [0, 0.1) is 6.92 Å². The molecule has 3 rings (SSSR count). The fourth-order valence-corrected chi connectivity index (χ4v) is 3.03. The number of sulfone groups is 1. The predicted molar refractivity (Wildman–Crippen MR) is 91.3 cm³/mol. The van der Waals surface area contributed by atoms with Gasteiger partial charge in [-0.1, -0.05) is 23.7 Å². The number of aromatic nitrogens is 3. The van der Waals surface area contributed by atoms with E-state index in [0.717, 1.165) is 11.8 Å². The Hall–Kier alpha value is -2.38. The van der Waals surface area contributed by atoms with Gasteiger partial charge in [0.1, 0.15) is 0 Å². The van der Waals surface area contributed by atoms with E-state index < -0.39 is 9.84 Å². The van der Waals surface area contributed by atoms with E-state index >= 15 is 0 Å². The molecular formula is C16H14ClN3O3S. The van der Waals surface area contributed by atoms with Crippen molar-refractivity contribution in [2.75, 3.05) is 6.26 Å². The molecule has 1 aromatic carbocycles. The summed E-state index contributed by atoms with van der Waals surface area (Å²) in [7, 11) is -3.33. The number of hydrogen-bond acceptors (Lipinski definition) is 5. The Bertz CT molecular complexity index is 994. The quantitative estimate of drug-likeness (QED) is 0.773. The maximum atomic E-state index is 11.5. The van der Waals surface area contributed by atoms with Gasteiger partial charge in [-0.2, -0.15) is 9.78 Å². The minimum atomic E-state index is -3.33. The minimum Gasteiger partial charge on any atom is -0.493 e. The van der Waals surface area contributed by atoms with E-state index in [0.29, 0.717) is 22.1 Å². The molecule has 8 heteroatoms. The summed E-state index contributed by atoms with van der Waals surface area (Å²) in [6.07, 6.45) is 2.35. The summed E-state index contributed by atoms with van der Waals surface area (Å²) in [5.41, 5.74) is 1.96. The van der Waals surface area contributed by atoms with Gasteiger partial charge in [0.15, 0.2) is 15.7 Å². The lowest BCUT2D eigenvalue weighted by Gasteiger charge is -2.04. The summed E-state index contributed by atoms with van der Waals surface area (Å²) in [5.74, 6) is 0.248. The first-order valence-electron chi connectivity index (χ1n) is 6.98. The molecule has 24 heavy (non-hydrogen) atoms. The standard InChI is InChI=1S/C16H14ClN3O3S/c1-10-15(11-3-5-12(17)6-4-11)16(21)20(19-10)14-8-7-13(9-18-14)24(2,22)23/h3-9,21H,1-2H3. The van der Waals surface area contributed by atoms with Crippen molar-refractivity contribution in [3.8, 4) is 22.8 Å². The molecule has 0 aliphatic carbocycles. The van der Waals surface area contributed by atoms with Gasteiger partial charge < -0.3 is 5.11 Å². The van der Waals surface area contributed by atoms with Gasteiger partial charge in [0.05, 0.1) is 16.2 Å². The molecule has 0 amide bonds. The molecule has 124 valence electrons. The Kier molecular flexibility index (Phi) is 4.06. The van der Waals surface area contributed by atoms with Crippen molar-refractivity contribution in [3.63, 3.8) is 0 Å². The smallest absolute Gasteiger partial charge is 0.223 e. The summed E-state index contributed by atoms with van der Waals surface area (Å²) >= 11 is 5.89. The third kappa shape index (κ3) is 3.00. The molecule has 2 aromatic heterocycles. The first-order chi connectivity index (χ1) is 11.3. The minimum absolute atomic E-state index is 0.0746. The monoisotopic (exact) mass is 363 g/mol. The topological polar surface area (TPSA) is 85.1 Å². The van der Waals surface area contributed by atoms with Crippen molar-refractivity contribution < 1.29 is 13.5 Å². The Morgan fingerprint density at radius 1 is 1.12 bits per heavy atom. The summed E-state index contributed by atoms with van der Waals surface area (Å²) in [6, 6.07) is 9.95. The number of aromatic hydroxyl groups is 1. The third-order valence-electron chi connectivity index (χ3n) is 3.53. The molecule has 0 saturated carbocycles. The van der Waals surface area contributed by atoms with Crippen LogP contribution in [0.4, 0.5) is 0 Å². The molecule has 0 bridgehead atoms. The number of hydrogen-bond donors (Lipinski definition) is 1. The van der Waals surface area contributed by atoms with E-state index in [-0.39, 0.29) is 10.8 Å². The number of aryl methyl sites for hydroxylation is 1. The predicted octanol–water partition coefficient (Wildman–Crippen LogP) is 3.01. The molecule has 0 spiro atoms. The fourth-order valence-electron chi connectivity index (χ4n) is 2.35. The molecule has 2 heterocycles. The molecule has 0 aliphatic heterocycles. The Morgan fingerprint density at radius 3 is 2.33 bits per heavy atom. The third-order valence-corrected chi connectivity index (χ3v) is 4.88. The van der Waals surface area contributed by atoms with Gasteiger partial charge in [-0.25, -0.2) is 13.4 Å². The Labute approximate surface area is 144 Å². The van der Waals surface area contributed by atoms with Gasteiger partial charge in [-0.15, -0.1) is 0 Å². The van der Waals surface area contributed by atoms with E-state index in [2.05, 4.69) is 10.1 Å². The first kappa shape index (κ1) is 16.5. The van der Waals surface area contributed by atoms with Crippen LogP contribution in [-0.4, -0.2) is 34.5 Å². The Balaban J connectivity index is 2.07. The van der Waals surface area contributed by atoms with Crippen LogP contribution in [0.25, 0.3) is 16.9 Å². The number of pyridine rings is 1. The van der Waals surface area contributed by atoms with Crippen LogP contribution in [0.15, 0.2) is 47.5 Å². The first-order valence-corrected chi connectivity index (χ1v) is 9.25. The van der Waals surface area contributed by atoms with Crippen molar-refractivity contribution in [2.24, 2.45) is 0 Å². The van der Waals surface area contributed by atoms with Gasteiger partial charge >= 0.3 is 0 Å². The molecule has 0 aliphatic rings. The molecule has 0 unspecified atom stereocenters. The van der Waals surface area contributed by atoms with Crippen LogP contribution in [0.2, 0.25) is 5.02 Å². The maximum Gasteiger partial charge on any atom is 0.223 e. The number of nitrogens with zero attached hydrogens (tertiary/aromatic N) is 3. The van der Waals surface area contributed by atoms with Gasteiger partial charge in [-0.3, -0.25) is 0 Å². The van der Waals surface area contributed by atoms with E-state index in [9.17, 15) is 13.5 Å². The van der Waals surface area contributed by atoms with Crippen LogP contribution >= 0.6 is 11.6 Å². The van der Waals surface area contributed by atoms with Gasteiger partial charge in [0.25, 0.3) is 0 Å². The molecule has 1 N–H and O–H groups in total. The van der Waals surface area contributed by atoms with Gasteiger partial charge in [0.2, 0.25) is 5.88 Å². The largest absolute Gasteiger partial charge is 0.493 e. The van der Waals surface area contributed by atoms with Crippen molar-refractivity contribution in [3.05, 3.63) is 53.3 Å². The lowest BCUT2D eigenvalue weighted by atomic mass is 10.1. The molecular weight excluding hydrogens is 350 g/mol. The second kappa shape index (κ2) is 5.92. The summed E-state index contributed by atoms with van der Waals surface area (Å²) in [5, 5.41) is 15.4. The zero-order valence-electron chi connectivity index (χ0n) is 12.9. The molecule has 6 nitrogen and oxygen atoms in total. The van der Waals surface area contributed by atoms with E-state index in [1.165, 1.54) is 23.0 Å². The van der Waals surface area contributed by atoms with Gasteiger partial charge in [-0.05, 0) is 36.8 Å². The SMILES string of the molecule is Cc1nn(-c2ccc(S(C)(=O)=O)cn2)c(O)c1-c1ccc(Cl)cc1. The molecule has 0 radical (unpaired) electrons. The summed E-state index contributed by atoms with van der Waals surface area (Å²) < 4.78 is 24.3. The summed E-state index contributed by atoms with van der Waals surface area (Å²) in [6.45, 7) is 1.77. The highest BCUT2D eigenvalue weighted by Gasteiger charge is 2.18. The van der Waals surface area contributed by atoms with Gasteiger partial charge in [0, 0.05) is 17.5 Å². The van der Waals surface area contributed by atoms with Crippen LogP contribution in [0.5, 0.6) is 5.88 Å². The number of rotatable bonds is 3. The molecule has 0 atom stereocenters. The Morgan fingerprint density at radius 2 is 1.79 bits per heavy atom. The normalized spacial score (nSPS) is 11.6. The summed E-state index contributed by atoms with van der Waals surface area (Å²) in [4.78, 5) is 4.18. The fraction of sp³-hybridized carbons (Fsp3) is 0.125. The van der Waals surface area contributed by atoms with E-state index in [1.54, 1.807) is 31.2 Å². The van der Waals surface area contributed by atoms with Crippen molar-refractivity contribution in [1.82, 2.24) is 14.8 Å². The lowest BCUT2D eigenvalue weighted by molar-refractivity contribution is 0.433. The van der Waals surface area contributed by atoms with Crippen LogP contribution in [0.3, 0.4) is 0 Å². The maximum absolute atomic E-state index is 11.5. The van der Waals surface area contributed by atoms with E-state index in [4.69, 9.17) is 11.6 Å².